The molecule has 7 nitrogen and oxygen atoms in total. The third-order valence-electron chi connectivity index (χ3n) is 5.83. The van der Waals surface area contributed by atoms with Gasteiger partial charge in [0.2, 0.25) is 5.91 Å². The average molecular weight is 570 g/mol. The first-order valence-electron chi connectivity index (χ1n) is 10.8. The van der Waals surface area contributed by atoms with Gasteiger partial charge in [0, 0.05) is 9.49 Å². The lowest BCUT2D eigenvalue weighted by Gasteiger charge is -2.19. The van der Waals surface area contributed by atoms with Crippen LogP contribution in [0.2, 0.25) is 0 Å². The molecule has 1 aliphatic rings. The first kappa shape index (κ1) is 23.7. The summed E-state index contributed by atoms with van der Waals surface area (Å²) in [7, 11) is 0. The number of alkyl carbamates (subject to hydrolysis) is 1. The highest BCUT2D eigenvalue weighted by Gasteiger charge is 2.29. The van der Waals surface area contributed by atoms with Gasteiger partial charge in [-0.1, -0.05) is 55.5 Å². The van der Waals surface area contributed by atoms with E-state index in [1.807, 2.05) is 59.0 Å². The molecule has 0 fully saturated rings. The fraction of sp³-hybridized carbons (Fsp3) is 0.192. The van der Waals surface area contributed by atoms with Crippen LogP contribution in [0.25, 0.3) is 11.1 Å². The smallest absolute Gasteiger partial charge is 0.407 e. The summed E-state index contributed by atoms with van der Waals surface area (Å²) in [6, 6.07) is 19.7. The zero-order valence-electron chi connectivity index (χ0n) is 18.4. The Balaban J connectivity index is 1.40. The molecule has 2 amide bonds. The molecule has 8 heteroatoms. The maximum absolute atomic E-state index is 12.8. The molecule has 0 unspecified atom stereocenters. The van der Waals surface area contributed by atoms with Gasteiger partial charge in [0.1, 0.15) is 12.6 Å². The fourth-order valence-electron chi connectivity index (χ4n) is 4.11. The second kappa shape index (κ2) is 10.3. The summed E-state index contributed by atoms with van der Waals surface area (Å²) in [5, 5.41) is 14.5. The highest BCUT2D eigenvalue weighted by atomic mass is 127. The Hall–Kier alpha value is -3.40. The van der Waals surface area contributed by atoms with Crippen molar-refractivity contribution in [1.29, 1.82) is 0 Å². The molecule has 3 aromatic carbocycles. The van der Waals surface area contributed by atoms with E-state index < -0.39 is 24.0 Å². The number of amides is 2. The van der Waals surface area contributed by atoms with Gasteiger partial charge < -0.3 is 20.5 Å². The number of ether oxygens (including phenoxy) is 1. The number of benzene rings is 3. The van der Waals surface area contributed by atoms with Gasteiger partial charge in [-0.2, -0.15) is 0 Å². The lowest BCUT2D eigenvalue weighted by atomic mass is 9.98. The quantitative estimate of drug-likeness (QED) is 0.337. The van der Waals surface area contributed by atoms with Crippen LogP contribution in [0, 0.1) is 3.57 Å². The summed E-state index contributed by atoms with van der Waals surface area (Å²) in [6.45, 7) is 1.92. The molecule has 0 heterocycles. The van der Waals surface area contributed by atoms with Crippen molar-refractivity contribution in [3.8, 4) is 11.1 Å². The van der Waals surface area contributed by atoms with Crippen molar-refractivity contribution in [3.63, 3.8) is 0 Å². The van der Waals surface area contributed by atoms with Crippen LogP contribution in [-0.2, 0) is 9.53 Å². The molecular weight excluding hydrogens is 547 g/mol. The zero-order valence-corrected chi connectivity index (χ0v) is 20.5. The molecule has 34 heavy (non-hydrogen) atoms. The summed E-state index contributed by atoms with van der Waals surface area (Å²) < 4.78 is 6.22. The molecule has 0 bridgehead atoms. The third-order valence-corrected chi connectivity index (χ3v) is 6.77. The minimum atomic E-state index is -1.09. The van der Waals surface area contributed by atoms with Gasteiger partial charge in [0.15, 0.2) is 0 Å². The number of aromatic carboxylic acids is 1. The number of rotatable bonds is 7. The van der Waals surface area contributed by atoms with Crippen molar-refractivity contribution < 1.29 is 24.2 Å². The lowest BCUT2D eigenvalue weighted by Crippen LogP contribution is -2.44. The van der Waals surface area contributed by atoms with Crippen LogP contribution in [0.15, 0.2) is 66.7 Å². The van der Waals surface area contributed by atoms with E-state index in [-0.39, 0.29) is 18.1 Å². The van der Waals surface area contributed by atoms with Gasteiger partial charge in [0.05, 0.1) is 11.3 Å². The van der Waals surface area contributed by atoms with Crippen LogP contribution in [0.4, 0.5) is 10.5 Å². The van der Waals surface area contributed by atoms with Crippen LogP contribution < -0.4 is 10.6 Å². The Bertz CT molecular complexity index is 1210. The largest absolute Gasteiger partial charge is 0.478 e. The number of carbonyl (C=O) groups is 3. The van der Waals surface area contributed by atoms with Gasteiger partial charge in [-0.15, -0.1) is 0 Å². The SMILES string of the molecule is CC[C@@H](NC(=O)OCC1c2ccccc2-c2ccccc21)C(=O)Nc1cc(C(=O)O)ccc1I. The Labute approximate surface area is 210 Å². The minimum Gasteiger partial charge on any atom is -0.478 e. The summed E-state index contributed by atoms with van der Waals surface area (Å²) in [6.07, 6.45) is -0.344. The van der Waals surface area contributed by atoms with E-state index in [1.165, 1.54) is 12.1 Å². The number of carbonyl (C=O) groups excluding carboxylic acids is 2. The van der Waals surface area contributed by atoms with Gasteiger partial charge >= 0.3 is 12.1 Å². The molecule has 3 aromatic rings. The van der Waals surface area contributed by atoms with Crippen molar-refractivity contribution in [2.75, 3.05) is 11.9 Å². The van der Waals surface area contributed by atoms with Crippen LogP contribution in [-0.4, -0.2) is 35.7 Å². The standard InChI is InChI=1S/C26H23IN2O5/c1-2-22(24(30)28-23-13-15(25(31)32)11-12-21(23)27)29-26(33)34-14-20-18-9-5-3-7-16(18)17-8-4-6-10-19(17)20/h3-13,20,22H,2,14H2,1H3,(H,28,30)(H,29,33)(H,31,32)/t22-/m1/s1. The van der Waals surface area contributed by atoms with Crippen molar-refractivity contribution in [3.05, 3.63) is 87.0 Å². The van der Waals surface area contributed by atoms with E-state index in [0.717, 1.165) is 22.3 Å². The van der Waals surface area contributed by atoms with E-state index in [4.69, 9.17) is 4.74 Å². The number of anilines is 1. The van der Waals surface area contributed by atoms with Crippen LogP contribution in [0.1, 0.15) is 40.7 Å². The zero-order chi connectivity index (χ0) is 24.2. The van der Waals surface area contributed by atoms with Crippen LogP contribution >= 0.6 is 22.6 Å². The molecule has 0 spiro atoms. The molecule has 1 atom stereocenters. The number of nitrogens with one attached hydrogen (secondary N) is 2. The Morgan fingerprint density at radius 1 is 1.00 bits per heavy atom. The van der Waals surface area contributed by atoms with E-state index in [1.54, 1.807) is 13.0 Å². The topological polar surface area (TPSA) is 105 Å². The Morgan fingerprint density at radius 2 is 1.62 bits per heavy atom. The number of hydrogen-bond acceptors (Lipinski definition) is 4. The fourth-order valence-corrected chi connectivity index (χ4v) is 4.58. The van der Waals surface area contributed by atoms with Crippen molar-refractivity contribution in [1.82, 2.24) is 5.32 Å². The molecule has 4 rings (SSSR count). The summed E-state index contributed by atoms with van der Waals surface area (Å²) in [5.74, 6) is -1.61. The number of hydrogen-bond donors (Lipinski definition) is 3. The molecule has 174 valence electrons. The van der Waals surface area contributed by atoms with Crippen LogP contribution in [0.3, 0.4) is 0 Å². The highest BCUT2D eigenvalue weighted by molar-refractivity contribution is 14.1. The molecule has 0 radical (unpaired) electrons. The predicted molar refractivity (Wildman–Crippen MR) is 137 cm³/mol. The van der Waals surface area contributed by atoms with Crippen molar-refractivity contribution >= 4 is 46.2 Å². The Kier molecular flexibility index (Phi) is 7.16. The normalized spacial score (nSPS) is 12.9. The second-order valence-corrected chi connectivity index (χ2v) is 9.08. The summed E-state index contributed by atoms with van der Waals surface area (Å²) in [5.41, 5.74) is 4.92. The molecular formula is C26H23IN2O5. The Morgan fingerprint density at radius 3 is 2.21 bits per heavy atom. The van der Waals surface area contributed by atoms with Gasteiger partial charge in [0.25, 0.3) is 0 Å². The van der Waals surface area contributed by atoms with Crippen LogP contribution in [0.5, 0.6) is 0 Å². The first-order valence-corrected chi connectivity index (χ1v) is 11.9. The number of fused-ring (bicyclic) bond motifs is 3. The summed E-state index contributed by atoms with van der Waals surface area (Å²) >= 11 is 2.01. The van der Waals surface area contributed by atoms with Gasteiger partial charge in [-0.25, -0.2) is 9.59 Å². The predicted octanol–water partition coefficient (Wildman–Crippen LogP) is 5.25. The van der Waals surface area contributed by atoms with Crippen molar-refractivity contribution in [2.45, 2.75) is 25.3 Å². The molecule has 0 saturated carbocycles. The average Bonchev–Trinajstić information content (AvgIpc) is 3.16. The van der Waals surface area contributed by atoms with E-state index in [0.29, 0.717) is 15.7 Å². The molecule has 1 aliphatic carbocycles. The minimum absolute atomic E-state index is 0.0632. The number of carboxylic acid groups (broad SMARTS) is 1. The second-order valence-electron chi connectivity index (χ2n) is 7.92. The first-order chi connectivity index (χ1) is 16.4. The highest BCUT2D eigenvalue weighted by Crippen LogP contribution is 2.44. The molecule has 0 aliphatic heterocycles. The molecule has 0 saturated heterocycles. The van der Waals surface area contributed by atoms with Gasteiger partial charge in [-0.05, 0) is 69.5 Å². The van der Waals surface area contributed by atoms with E-state index >= 15 is 0 Å². The number of carboxylic acids is 1. The van der Waals surface area contributed by atoms with E-state index in [9.17, 15) is 19.5 Å². The maximum atomic E-state index is 12.8. The maximum Gasteiger partial charge on any atom is 0.407 e. The number of halogens is 1. The van der Waals surface area contributed by atoms with E-state index in [2.05, 4.69) is 22.8 Å². The molecule has 3 N–H and O–H groups in total. The lowest BCUT2D eigenvalue weighted by molar-refractivity contribution is -0.118. The van der Waals surface area contributed by atoms with Gasteiger partial charge in [-0.3, -0.25) is 4.79 Å². The monoisotopic (exact) mass is 570 g/mol. The van der Waals surface area contributed by atoms with Crippen molar-refractivity contribution in [2.24, 2.45) is 0 Å². The third kappa shape index (κ3) is 4.91. The molecule has 0 aromatic heterocycles. The summed E-state index contributed by atoms with van der Waals surface area (Å²) in [4.78, 5) is 36.6.